The van der Waals surface area contributed by atoms with Crippen LogP contribution in [0.5, 0.6) is 0 Å². The summed E-state index contributed by atoms with van der Waals surface area (Å²) in [5.74, 6) is 10.6. The molecule has 2 aromatic rings. The van der Waals surface area contributed by atoms with E-state index >= 15 is 0 Å². The Hall–Kier alpha value is -3.70. The van der Waals surface area contributed by atoms with Gasteiger partial charge in [0, 0.05) is 44.7 Å². The highest BCUT2D eigenvalue weighted by Gasteiger charge is 2.35. The van der Waals surface area contributed by atoms with E-state index in [0.29, 0.717) is 0 Å². The maximum atomic E-state index is 13.4. The molecule has 51 heavy (non-hydrogen) atoms. The molecule has 12 nitrogen and oxygen atoms in total. The summed E-state index contributed by atoms with van der Waals surface area (Å²) in [4.78, 5) is 22.2. The lowest BCUT2D eigenvalue weighted by Crippen LogP contribution is -2.28. The van der Waals surface area contributed by atoms with Crippen LogP contribution in [0.1, 0.15) is 76.1 Å². The molecule has 0 radical (unpaired) electrons. The van der Waals surface area contributed by atoms with Gasteiger partial charge in [0.25, 0.3) is 20.0 Å². The van der Waals surface area contributed by atoms with Crippen LogP contribution >= 0.6 is 0 Å². The number of ether oxygens (including phenoxy) is 1. The summed E-state index contributed by atoms with van der Waals surface area (Å²) in [5.41, 5.74) is -2.57. The zero-order chi connectivity index (χ0) is 38.9. The van der Waals surface area contributed by atoms with E-state index < -0.39 is 73.1 Å². The Morgan fingerprint density at radius 3 is 1.27 bits per heavy atom. The molecule has 4 rings (SSSR count). The van der Waals surface area contributed by atoms with Gasteiger partial charge in [0.2, 0.25) is 0 Å². The maximum absolute atomic E-state index is 13.4. The van der Waals surface area contributed by atoms with Gasteiger partial charge in [0.15, 0.2) is 0 Å². The fourth-order valence-electron chi connectivity index (χ4n) is 5.42. The summed E-state index contributed by atoms with van der Waals surface area (Å²) in [7, 11) is -13.5. The fourth-order valence-corrected chi connectivity index (χ4v) is 15.9. The van der Waals surface area contributed by atoms with Crippen molar-refractivity contribution in [3.63, 3.8) is 0 Å². The van der Waals surface area contributed by atoms with Crippen LogP contribution in [0.3, 0.4) is 0 Å². The van der Waals surface area contributed by atoms with Crippen LogP contribution in [-0.2, 0) is 44.2 Å². The Labute approximate surface area is 302 Å². The van der Waals surface area contributed by atoms with Crippen molar-refractivity contribution in [1.29, 1.82) is 0 Å². The van der Waals surface area contributed by atoms with Gasteiger partial charge in [-0.05, 0) is 91.8 Å². The van der Waals surface area contributed by atoms with Crippen molar-refractivity contribution in [3.05, 3.63) is 59.7 Å². The largest absolute Gasteiger partial charge is 0.478 e. The van der Waals surface area contributed by atoms with E-state index in [1.165, 1.54) is 49.6 Å². The SMILES string of the molecule is CC1(C)C#CC(C)(C)CS(=O)(=NS(=O)(=O)c2cccc(C(=O)O)c2)C1.COC(=O)c1cccc(S(=O)(=O)N=S2(=O)CC(C)(C)C#CC(C)(C)C2)c1. The first kappa shape index (κ1) is 41.7. The molecule has 0 atom stereocenters. The minimum absolute atomic E-state index is 0.0360. The van der Waals surface area contributed by atoms with Gasteiger partial charge in [0.1, 0.15) is 0 Å². The number of methoxy groups -OCH3 is 1. The Balaban J connectivity index is 0.000000276. The monoisotopic (exact) mass is 780 g/mol. The molecule has 278 valence electrons. The van der Waals surface area contributed by atoms with E-state index in [-0.39, 0.29) is 43.9 Å². The maximum Gasteiger partial charge on any atom is 0.337 e. The third-order valence-electron chi connectivity index (χ3n) is 7.22. The second-order valence-corrected chi connectivity index (χ2v) is 23.4. The predicted octanol–water partition coefficient (Wildman–Crippen LogP) is 5.31. The molecule has 0 saturated heterocycles. The zero-order valence-corrected chi connectivity index (χ0v) is 33.4. The molecule has 1 N–H and O–H groups in total. The summed E-state index contributed by atoms with van der Waals surface area (Å²) in [6, 6.07) is 10.2. The number of benzene rings is 2. The lowest BCUT2D eigenvalue weighted by atomic mass is 9.92. The smallest absolute Gasteiger partial charge is 0.337 e. The molecule has 0 aromatic heterocycles. The van der Waals surface area contributed by atoms with E-state index in [4.69, 9.17) is 5.11 Å². The Bertz CT molecular complexity index is 2300. The molecule has 0 amide bonds. The van der Waals surface area contributed by atoms with Crippen LogP contribution in [-0.4, -0.2) is 72.4 Å². The van der Waals surface area contributed by atoms with Gasteiger partial charge >= 0.3 is 11.9 Å². The summed E-state index contributed by atoms with van der Waals surface area (Å²) >= 11 is 0. The van der Waals surface area contributed by atoms with Crippen molar-refractivity contribution in [2.75, 3.05) is 30.1 Å². The number of carbonyl (C=O) groups excluding carboxylic acids is 1. The number of hydrogen-bond acceptors (Lipinski definition) is 9. The minimum atomic E-state index is -4.26. The number of carboxylic acids is 1. The molecule has 0 fully saturated rings. The molecule has 0 aliphatic carbocycles. The van der Waals surface area contributed by atoms with E-state index in [0.717, 1.165) is 6.07 Å². The molecule has 0 saturated carbocycles. The number of esters is 1. The first-order valence-corrected chi connectivity index (χ1v) is 22.2. The van der Waals surface area contributed by atoms with Crippen LogP contribution in [0.15, 0.2) is 65.9 Å². The zero-order valence-electron chi connectivity index (χ0n) is 30.1. The van der Waals surface area contributed by atoms with Crippen LogP contribution in [0.4, 0.5) is 0 Å². The normalized spacial score (nSPS) is 20.4. The predicted molar refractivity (Wildman–Crippen MR) is 197 cm³/mol. The first-order valence-electron chi connectivity index (χ1n) is 15.6. The minimum Gasteiger partial charge on any atom is -0.478 e. The lowest BCUT2D eigenvalue weighted by Gasteiger charge is -2.21. The van der Waals surface area contributed by atoms with Gasteiger partial charge in [-0.15, -0.1) is 7.54 Å². The van der Waals surface area contributed by atoms with E-state index in [9.17, 15) is 34.8 Å². The number of carboxylic acid groups (broad SMARTS) is 1. The summed E-state index contributed by atoms with van der Waals surface area (Å²) in [6.07, 6.45) is 0. The highest BCUT2D eigenvalue weighted by molar-refractivity contribution is 8.03. The van der Waals surface area contributed by atoms with Crippen molar-refractivity contribution in [1.82, 2.24) is 0 Å². The van der Waals surface area contributed by atoms with Gasteiger partial charge in [-0.3, -0.25) is 0 Å². The van der Waals surface area contributed by atoms with Crippen molar-refractivity contribution in [2.24, 2.45) is 29.2 Å². The number of rotatable bonds is 6. The van der Waals surface area contributed by atoms with E-state index in [2.05, 4.69) is 36.0 Å². The molecule has 16 heteroatoms. The van der Waals surface area contributed by atoms with E-state index in [1.807, 2.05) is 27.7 Å². The summed E-state index contributed by atoms with van der Waals surface area (Å²) in [5, 5.41) is 9.02. The standard InChI is InChI=1S/C18H23NO5S2.C17H21NO5S2/c1-17(2)9-10-18(3,4)13-25(21,12-17)19-26(22,23)15-8-6-7-14(11-15)16(20)24-5;1-16(2)8-9-17(3,4)12-24(21,11-16)18-25(22,23)14-7-5-6-13(10-14)15(19)20/h6-8,11H,12-13H2,1-5H3;5-7,10H,11-12H2,1-4H3,(H,19,20). The third-order valence-corrected chi connectivity index (χ3v) is 17.4. The quantitative estimate of drug-likeness (QED) is 0.297. The third kappa shape index (κ3) is 11.7. The van der Waals surface area contributed by atoms with Gasteiger partial charge in [-0.1, -0.05) is 35.8 Å². The Morgan fingerprint density at radius 2 is 0.961 bits per heavy atom. The first-order chi connectivity index (χ1) is 23.0. The number of carbonyl (C=O) groups is 2. The van der Waals surface area contributed by atoms with Crippen LogP contribution in [0, 0.1) is 45.3 Å². The van der Waals surface area contributed by atoms with Crippen molar-refractivity contribution >= 4 is 51.4 Å². The van der Waals surface area contributed by atoms with E-state index in [1.54, 1.807) is 27.7 Å². The fraction of sp³-hybridized carbons (Fsp3) is 0.486. The van der Waals surface area contributed by atoms with Crippen molar-refractivity contribution < 1.29 is 44.7 Å². The molecule has 2 aliphatic heterocycles. The average molecular weight is 781 g/mol. The summed E-state index contributed by atoms with van der Waals surface area (Å²) in [6.45, 7) is 14.5. The number of aromatic carboxylic acids is 1. The van der Waals surface area contributed by atoms with Crippen LogP contribution in [0.25, 0.3) is 0 Å². The average Bonchev–Trinajstić information content (AvgIpc) is 3.11. The molecule has 0 spiro atoms. The molecular weight excluding hydrogens is 737 g/mol. The second-order valence-electron chi connectivity index (χ2n) is 15.1. The Kier molecular flexibility index (Phi) is 11.8. The number of nitrogens with zero attached hydrogens (tertiary/aromatic N) is 2. The van der Waals surface area contributed by atoms with Crippen molar-refractivity contribution in [3.8, 4) is 23.7 Å². The number of hydrogen-bond donors (Lipinski definition) is 1. The molecule has 0 bridgehead atoms. The van der Waals surface area contributed by atoms with Crippen molar-refractivity contribution in [2.45, 2.75) is 65.2 Å². The molecular formula is C35H44N2O10S4. The highest BCUT2D eigenvalue weighted by atomic mass is 32.3. The van der Waals surface area contributed by atoms with Crippen LogP contribution in [0.2, 0.25) is 0 Å². The highest BCUT2D eigenvalue weighted by Crippen LogP contribution is 2.32. The van der Waals surface area contributed by atoms with Gasteiger partial charge in [-0.25, -0.2) is 18.0 Å². The topological polar surface area (TPSA) is 191 Å². The molecule has 2 aromatic carbocycles. The lowest BCUT2D eigenvalue weighted by molar-refractivity contribution is 0.0599. The van der Waals surface area contributed by atoms with Gasteiger partial charge in [-0.2, -0.15) is 16.8 Å². The molecule has 2 heterocycles. The molecule has 2 aliphatic rings. The van der Waals surface area contributed by atoms with Gasteiger partial charge < -0.3 is 9.84 Å². The molecule has 0 unspecified atom stereocenters. The number of sulfonamides is 2. The summed E-state index contributed by atoms with van der Waals surface area (Å²) < 4.78 is 89.7. The second kappa shape index (κ2) is 14.4. The Morgan fingerprint density at radius 1 is 0.647 bits per heavy atom. The van der Waals surface area contributed by atoms with Gasteiger partial charge in [0.05, 0.1) is 47.5 Å². The van der Waals surface area contributed by atoms with Crippen LogP contribution < -0.4 is 0 Å².